The molecule has 0 aliphatic carbocycles. The highest BCUT2D eigenvalue weighted by Gasteiger charge is 2.10. The highest BCUT2D eigenvalue weighted by Crippen LogP contribution is 2.22. The van der Waals surface area contributed by atoms with E-state index in [9.17, 15) is 4.79 Å². The van der Waals surface area contributed by atoms with Gasteiger partial charge in [-0.25, -0.2) is 9.97 Å². The Labute approximate surface area is 99.6 Å². The maximum Gasteiger partial charge on any atom is 0.223 e. The Balaban J connectivity index is 2.87. The first-order valence-electron chi connectivity index (χ1n) is 4.21. The fourth-order valence-corrected chi connectivity index (χ4v) is 1.88. The first-order chi connectivity index (χ1) is 7.08. The van der Waals surface area contributed by atoms with E-state index in [1.807, 2.05) is 12.1 Å². The third-order valence-corrected chi connectivity index (χ3v) is 2.63. The molecule has 1 aromatic heterocycles. The summed E-state index contributed by atoms with van der Waals surface area (Å²) < 4.78 is 0.878. The van der Waals surface area contributed by atoms with Crippen LogP contribution in [0.1, 0.15) is 17.4 Å². The van der Waals surface area contributed by atoms with Gasteiger partial charge >= 0.3 is 0 Å². The minimum Gasteiger partial charge on any atom is -0.293 e. The van der Waals surface area contributed by atoms with Gasteiger partial charge in [-0.15, -0.1) is 0 Å². The summed E-state index contributed by atoms with van der Waals surface area (Å²) in [6.07, 6.45) is 0. The Hall–Kier alpha value is -1.000. The van der Waals surface area contributed by atoms with E-state index in [0.29, 0.717) is 16.6 Å². The van der Waals surface area contributed by atoms with Gasteiger partial charge in [-0.2, -0.15) is 0 Å². The van der Waals surface area contributed by atoms with Crippen LogP contribution in [0.2, 0.25) is 5.28 Å². The molecule has 2 aromatic rings. The van der Waals surface area contributed by atoms with Gasteiger partial charge in [0.1, 0.15) is 5.69 Å². The highest BCUT2D eigenvalue weighted by molar-refractivity contribution is 9.10. The van der Waals surface area contributed by atoms with Crippen molar-refractivity contribution in [3.63, 3.8) is 0 Å². The topological polar surface area (TPSA) is 42.9 Å². The highest BCUT2D eigenvalue weighted by atomic mass is 79.9. The molecular weight excluding hydrogens is 279 g/mol. The van der Waals surface area contributed by atoms with Crippen molar-refractivity contribution in [3.05, 3.63) is 33.6 Å². The predicted octanol–water partition coefficient (Wildman–Crippen LogP) is 3.25. The molecule has 1 aromatic carbocycles. The van der Waals surface area contributed by atoms with Crippen LogP contribution in [0.15, 0.2) is 22.7 Å². The van der Waals surface area contributed by atoms with Gasteiger partial charge in [-0.1, -0.05) is 15.9 Å². The van der Waals surface area contributed by atoms with Crippen molar-refractivity contribution in [3.8, 4) is 0 Å². The molecule has 1 heterocycles. The Kier molecular flexibility index (Phi) is 2.71. The lowest BCUT2D eigenvalue weighted by Gasteiger charge is -2.03. The molecule has 0 saturated heterocycles. The number of carbonyl (C=O) groups is 1. The summed E-state index contributed by atoms with van der Waals surface area (Å²) in [5, 5.41) is 0.802. The molecule has 2 rings (SSSR count). The molecule has 0 saturated carbocycles. The van der Waals surface area contributed by atoms with Crippen molar-refractivity contribution in [2.24, 2.45) is 0 Å². The van der Waals surface area contributed by atoms with Crippen molar-refractivity contribution < 1.29 is 4.79 Å². The average molecular weight is 286 g/mol. The molecule has 0 aliphatic heterocycles. The summed E-state index contributed by atoms with van der Waals surface area (Å²) >= 11 is 9.06. The monoisotopic (exact) mass is 284 g/mol. The normalized spacial score (nSPS) is 10.6. The molecule has 0 spiro atoms. The maximum absolute atomic E-state index is 11.4. The number of fused-ring (bicyclic) bond motifs is 1. The maximum atomic E-state index is 11.4. The van der Waals surface area contributed by atoms with Crippen LogP contribution in [-0.2, 0) is 0 Å². The van der Waals surface area contributed by atoms with E-state index in [1.54, 1.807) is 6.07 Å². The molecule has 0 amide bonds. The smallest absolute Gasteiger partial charge is 0.223 e. The summed E-state index contributed by atoms with van der Waals surface area (Å²) in [5.74, 6) is -0.123. The van der Waals surface area contributed by atoms with E-state index in [1.165, 1.54) is 6.92 Å². The molecule has 0 N–H and O–H groups in total. The van der Waals surface area contributed by atoms with Crippen LogP contribution in [0.25, 0.3) is 10.9 Å². The van der Waals surface area contributed by atoms with Crippen LogP contribution in [0.4, 0.5) is 0 Å². The van der Waals surface area contributed by atoms with Crippen LogP contribution >= 0.6 is 27.5 Å². The largest absolute Gasteiger partial charge is 0.293 e. The van der Waals surface area contributed by atoms with Crippen molar-refractivity contribution in [1.82, 2.24) is 9.97 Å². The summed E-state index contributed by atoms with van der Waals surface area (Å²) in [6, 6.07) is 5.44. The lowest BCUT2D eigenvalue weighted by Crippen LogP contribution is -2.00. The second-order valence-electron chi connectivity index (χ2n) is 3.06. The predicted molar refractivity (Wildman–Crippen MR) is 62.3 cm³/mol. The number of hydrogen-bond acceptors (Lipinski definition) is 3. The fraction of sp³-hybridized carbons (Fsp3) is 0.100. The van der Waals surface area contributed by atoms with E-state index in [2.05, 4.69) is 25.9 Å². The van der Waals surface area contributed by atoms with E-state index in [-0.39, 0.29) is 11.1 Å². The molecule has 0 fully saturated rings. The number of Topliss-reactive ketones (excluding diaryl/α,β-unsaturated/α-hetero) is 1. The lowest BCUT2D eigenvalue weighted by molar-refractivity contribution is 0.101. The van der Waals surface area contributed by atoms with Gasteiger partial charge in [0, 0.05) is 16.8 Å². The number of halogens is 2. The number of rotatable bonds is 1. The van der Waals surface area contributed by atoms with E-state index in [0.717, 1.165) is 4.47 Å². The number of hydrogen-bond donors (Lipinski definition) is 0. The van der Waals surface area contributed by atoms with Crippen LogP contribution < -0.4 is 0 Å². The molecule has 76 valence electrons. The molecule has 0 aliphatic rings. The third-order valence-electron chi connectivity index (χ3n) is 1.96. The second kappa shape index (κ2) is 3.87. The zero-order valence-electron chi connectivity index (χ0n) is 7.79. The Morgan fingerprint density at radius 2 is 2.13 bits per heavy atom. The summed E-state index contributed by atoms with van der Waals surface area (Å²) in [4.78, 5) is 19.3. The molecule has 5 heteroatoms. The summed E-state index contributed by atoms with van der Waals surface area (Å²) in [7, 11) is 0. The number of nitrogens with zero attached hydrogens (tertiary/aromatic N) is 2. The Bertz CT molecular complexity index is 556. The van der Waals surface area contributed by atoms with Crippen molar-refractivity contribution in [1.29, 1.82) is 0 Å². The molecule has 0 atom stereocenters. The van der Waals surface area contributed by atoms with Crippen molar-refractivity contribution in [2.45, 2.75) is 6.92 Å². The van der Waals surface area contributed by atoms with Crippen LogP contribution in [0, 0.1) is 0 Å². The van der Waals surface area contributed by atoms with Crippen LogP contribution in [0.5, 0.6) is 0 Å². The van der Waals surface area contributed by atoms with Gasteiger partial charge in [0.05, 0.1) is 5.52 Å². The lowest BCUT2D eigenvalue weighted by atomic mass is 10.1. The van der Waals surface area contributed by atoms with Gasteiger partial charge in [-0.05, 0) is 29.8 Å². The SMILES string of the molecule is CC(=O)c1nc(Cl)nc2ccc(Br)cc12. The molecular formula is C10H6BrClN2O. The minimum atomic E-state index is -0.123. The van der Waals surface area contributed by atoms with Gasteiger partial charge < -0.3 is 0 Å². The first kappa shape index (κ1) is 10.5. The Morgan fingerprint density at radius 3 is 2.80 bits per heavy atom. The third kappa shape index (κ3) is 2.01. The average Bonchev–Trinajstić information content (AvgIpc) is 2.17. The molecule has 0 radical (unpaired) electrons. The van der Waals surface area contributed by atoms with Gasteiger partial charge in [0.25, 0.3) is 0 Å². The minimum absolute atomic E-state index is 0.0926. The number of carbonyl (C=O) groups excluding carboxylic acids is 1. The molecule has 0 bridgehead atoms. The van der Waals surface area contributed by atoms with Crippen LogP contribution in [0.3, 0.4) is 0 Å². The number of ketones is 1. The Morgan fingerprint density at radius 1 is 1.40 bits per heavy atom. The molecule has 15 heavy (non-hydrogen) atoms. The zero-order chi connectivity index (χ0) is 11.0. The van der Waals surface area contributed by atoms with E-state index >= 15 is 0 Å². The number of benzene rings is 1. The van der Waals surface area contributed by atoms with Crippen molar-refractivity contribution >= 4 is 44.2 Å². The van der Waals surface area contributed by atoms with Gasteiger partial charge in [0.2, 0.25) is 5.28 Å². The summed E-state index contributed by atoms with van der Waals surface area (Å²) in [6.45, 7) is 1.46. The fourth-order valence-electron chi connectivity index (χ4n) is 1.34. The standard InChI is InChI=1S/C10H6BrClN2O/c1-5(15)9-7-4-6(11)2-3-8(7)13-10(12)14-9/h2-4H,1H3. The summed E-state index contributed by atoms with van der Waals surface area (Å²) in [5.41, 5.74) is 1.02. The number of aromatic nitrogens is 2. The molecule has 0 unspecified atom stereocenters. The van der Waals surface area contributed by atoms with Gasteiger partial charge in [0.15, 0.2) is 5.78 Å². The molecule has 3 nitrogen and oxygen atoms in total. The van der Waals surface area contributed by atoms with E-state index in [4.69, 9.17) is 11.6 Å². The van der Waals surface area contributed by atoms with E-state index < -0.39 is 0 Å². The quantitative estimate of drug-likeness (QED) is 0.597. The zero-order valence-corrected chi connectivity index (χ0v) is 10.1. The van der Waals surface area contributed by atoms with Gasteiger partial charge in [-0.3, -0.25) is 4.79 Å². The first-order valence-corrected chi connectivity index (χ1v) is 5.39. The van der Waals surface area contributed by atoms with Crippen molar-refractivity contribution in [2.75, 3.05) is 0 Å². The second-order valence-corrected chi connectivity index (χ2v) is 4.31. The van der Waals surface area contributed by atoms with Crippen LogP contribution in [-0.4, -0.2) is 15.8 Å².